The summed E-state index contributed by atoms with van der Waals surface area (Å²) < 4.78 is 0. The van der Waals surface area contributed by atoms with Gasteiger partial charge in [0.2, 0.25) is 0 Å². The second kappa shape index (κ2) is 5.57. The van der Waals surface area contributed by atoms with Gasteiger partial charge in [-0.2, -0.15) is 0 Å². The van der Waals surface area contributed by atoms with Gasteiger partial charge in [0.1, 0.15) is 5.92 Å². The molecule has 3 unspecified atom stereocenters. The van der Waals surface area contributed by atoms with Crippen molar-refractivity contribution in [3.63, 3.8) is 0 Å². The molecule has 0 saturated carbocycles. The third-order valence-electron chi connectivity index (χ3n) is 2.20. The Balaban J connectivity index is 5.45. The first kappa shape index (κ1) is 15.3. The molecular formula is C8H13NO8. The van der Waals surface area contributed by atoms with E-state index in [1.165, 1.54) is 0 Å². The fourth-order valence-electron chi connectivity index (χ4n) is 1.37. The number of aliphatic carboxylic acids is 3. The average Bonchev–Trinajstić information content (AvgIpc) is 2.15. The Kier molecular flexibility index (Phi) is 5.01. The van der Waals surface area contributed by atoms with Crippen molar-refractivity contribution in [1.82, 2.24) is 0 Å². The van der Waals surface area contributed by atoms with Crippen LogP contribution in [0.3, 0.4) is 0 Å². The lowest BCUT2D eigenvalue weighted by atomic mass is 9.80. The smallest absolute Gasteiger partial charge is 0.337 e. The lowest BCUT2D eigenvalue weighted by Crippen LogP contribution is -2.56. The first-order valence-corrected chi connectivity index (χ1v) is 4.45. The second-order valence-electron chi connectivity index (χ2n) is 3.42. The van der Waals surface area contributed by atoms with E-state index in [1.807, 2.05) is 0 Å². The maximum atomic E-state index is 10.8. The van der Waals surface area contributed by atoms with Crippen LogP contribution in [-0.2, 0) is 14.4 Å². The highest BCUT2D eigenvalue weighted by atomic mass is 16.4. The van der Waals surface area contributed by atoms with E-state index in [1.54, 1.807) is 0 Å². The summed E-state index contributed by atoms with van der Waals surface area (Å²) in [5, 5.41) is 44.8. The molecule has 0 aromatic heterocycles. The number of carbonyl (C=O) groups is 3. The molecule has 0 amide bonds. The summed E-state index contributed by atoms with van der Waals surface area (Å²) in [5.41, 5.74) is 1.85. The average molecular weight is 251 g/mol. The number of aliphatic hydroxyl groups excluding tert-OH is 1. The minimum absolute atomic E-state index is 0.633. The van der Waals surface area contributed by atoms with E-state index in [4.69, 9.17) is 21.1 Å². The number of aliphatic hydroxyl groups is 2. The number of nitrogens with two attached hydrogens (primary N) is 1. The van der Waals surface area contributed by atoms with Gasteiger partial charge in [-0.15, -0.1) is 0 Å². The monoisotopic (exact) mass is 251 g/mol. The molecule has 0 heterocycles. The standard InChI is InChI=1S/C8H13NO8/c9-2-3(10)5(6(13)14)8(17,7(15)16)1-4(11)12/h3,5,10,17H,1-2,9H2,(H,11,12)(H,13,14)(H,15,16). The van der Waals surface area contributed by atoms with Crippen molar-refractivity contribution in [3.8, 4) is 0 Å². The molecule has 0 aromatic carbocycles. The van der Waals surface area contributed by atoms with Gasteiger partial charge >= 0.3 is 17.9 Å². The first-order chi connectivity index (χ1) is 7.66. The zero-order valence-electron chi connectivity index (χ0n) is 8.61. The third kappa shape index (κ3) is 3.37. The van der Waals surface area contributed by atoms with Gasteiger partial charge < -0.3 is 31.3 Å². The fourth-order valence-corrected chi connectivity index (χ4v) is 1.37. The van der Waals surface area contributed by atoms with Crippen molar-refractivity contribution in [2.75, 3.05) is 6.54 Å². The van der Waals surface area contributed by atoms with Gasteiger partial charge in [0.05, 0.1) is 12.5 Å². The molecule has 0 spiro atoms. The van der Waals surface area contributed by atoms with Crippen LogP contribution in [0.15, 0.2) is 0 Å². The summed E-state index contributed by atoms with van der Waals surface area (Å²) in [6, 6.07) is 0. The van der Waals surface area contributed by atoms with Crippen molar-refractivity contribution in [3.05, 3.63) is 0 Å². The van der Waals surface area contributed by atoms with E-state index >= 15 is 0 Å². The van der Waals surface area contributed by atoms with Crippen molar-refractivity contribution >= 4 is 17.9 Å². The molecule has 9 nitrogen and oxygen atoms in total. The van der Waals surface area contributed by atoms with Gasteiger partial charge in [-0.25, -0.2) is 4.79 Å². The van der Waals surface area contributed by atoms with Gasteiger partial charge in [0.25, 0.3) is 0 Å². The summed E-state index contributed by atoms with van der Waals surface area (Å²) in [6.45, 7) is -0.633. The van der Waals surface area contributed by atoms with E-state index in [0.717, 1.165) is 0 Å². The Morgan fingerprint density at radius 3 is 1.88 bits per heavy atom. The molecule has 0 aliphatic heterocycles. The largest absolute Gasteiger partial charge is 0.481 e. The Morgan fingerprint density at radius 2 is 1.65 bits per heavy atom. The SMILES string of the molecule is NCC(O)C(C(=O)O)C(O)(CC(=O)O)C(=O)O. The first-order valence-electron chi connectivity index (χ1n) is 4.45. The Bertz CT molecular complexity index is 329. The fraction of sp³-hybridized carbons (Fsp3) is 0.625. The van der Waals surface area contributed by atoms with E-state index in [0.29, 0.717) is 0 Å². The van der Waals surface area contributed by atoms with E-state index in [2.05, 4.69) is 0 Å². The van der Waals surface area contributed by atoms with Crippen LogP contribution in [0, 0.1) is 5.92 Å². The molecule has 98 valence electrons. The molecule has 3 atom stereocenters. The number of hydrogen-bond acceptors (Lipinski definition) is 6. The van der Waals surface area contributed by atoms with Gasteiger partial charge in [0, 0.05) is 6.54 Å². The summed E-state index contributed by atoms with van der Waals surface area (Å²) in [7, 11) is 0. The third-order valence-corrected chi connectivity index (χ3v) is 2.20. The zero-order chi connectivity index (χ0) is 13.8. The van der Waals surface area contributed by atoms with Gasteiger partial charge in [-0.05, 0) is 0 Å². The molecular weight excluding hydrogens is 238 g/mol. The van der Waals surface area contributed by atoms with Gasteiger partial charge in [0.15, 0.2) is 5.60 Å². The molecule has 0 bridgehead atoms. The predicted molar refractivity (Wildman–Crippen MR) is 51.0 cm³/mol. The molecule has 0 aromatic rings. The van der Waals surface area contributed by atoms with E-state index in [9.17, 15) is 24.6 Å². The van der Waals surface area contributed by atoms with Gasteiger partial charge in [-0.3, -0.25) is 9.59 Å². The van der Waals surface area contributed by atoms with Crippen molar-refractivity contribution in [2.45, 2.75) is 18.1 Å². The predicted octanol–water partition coefficient (Wildman–Crippen LogP) is -2.70. The number of carboxylic acids is 3. The minimum Gasteiger partial charge on any atom is -0.481 e. The van der Waals surface area contributed by atoms with Crippen LogP contribution in [-0.4, -0.2) is 61.7 Å². The normalized spacial score (nSPS) is 17.8. The number of rotatable bonds is 7. The van der Waals surface area contributed by atoms with Crippen LogP contribution in [0.1, 0.15) is 6.42 Å². The summed E-state index contributed by atoms with van der Waals surface area (Å²) in [4.78, 5) is 32.0. The molecule has 0 aliphatic rings. The highest BCUT2D eigenvalue weighted by Crippen LogP contribution is 2.26. The quantitative estimate of drug-likeness (QED) is 0.280. The van der Waals surface area contributed by atoms with Gasteiger partial charge in [-0.1, -0.05) is 0 Å². The molecule has 0 radical (unpaired) electrons. The molecule has 0 saturated heterocycles. The molecule has 9 heteroatoms. The second-order valence-corrected chi connectivity index (χ2v) is 3.42. The van der Waals surface area contributed by atoms with Crippen LogP contribution < -0.4 is 5.73 Å². The highest BCUT2D eigenvalue weighted by molar-refractivity contribution is 5.89. The van der Waals surface area contributed by atoms with Crippen LogP contribution in [0.5, 0.6) is 0 Å². The molecule has 0 aliphatic carbocycles. The molecule has 0 rings (SSSR count). The lowest BCUT2D eigenvalue weighted by Gasteiger charge is -2.30. The van der Waals surface area contributed by atoms with Crippen molar-refractivity contribution in [2.24, 2.45) is 11.7 Å². The maximum Gasteiger partial charge on any atom is 0.337 e. The Labute approximate surface area is 95.1 Å². The van der Waals surface area contributed by atoms with Crippen LogP contribution >= 0.6 is 0 Å². The topological polar surface area (TPSA) is 178 Å². The van der Waals surface area contributed by atoms with E-state index in [-0.39, 0.29) is 0 Å². The van der Waals surface area contributed by atoms with Crippen molar-refractivity contribution < 1.29 is 39.9 Å². The van der Waals surface area contributed by atoms with E-state index < -0.39 is 48.5 Å². The van der Waals surface area contributed by atoms with Crippen LogP contribution in [0.2, 0.25) is 0 Å². The minimum atomic E-state index is -3.13. The number of carboxylic acid groups (broad SMARTS) is 3. The molecule has 17 heavy (non-hydrogen) atoms. The van der Waals surface area contributed by atoms with Crippen LogP contribution in [0.25, 0.3) is 0 Å². The summed E-state index contributed by atoms with van der Waals surface area (Å²) in [5.74, 6) is -7.86. The summed E-state index contributed by atoms with van der Waals surface area (Å²) >= 11 is 0. The maximum absolute atomic E-state index is 10.8. The Hall–Kier alpha value is -1.71. The summed E-state index contributed by atoms with van der Waals surface area (Å²) in [6.07, 6.45) is -3.25. The molecule has 7 N–H and O–H groups in total. The number of hydrogen-bond donors (Lipinski definition) is 6. The highest BCUT2D eigenvalue weighted by Gasteiger charge is 2.53. The molecule has 0 fully saturated rings. The Morgan fingerprint density at radius 1 is 1.18 bits per heavy atom. The van der Waals surface area contributed by atoms with Crippen molar-refractivity contribution in [1.29, 1.82) is 0 Å². The van der Waals surface area contributed by atoms with Crippen LogP contribution in [0.4, 0.5) is 0 Å². The lowest BCUT2D eigenvalue weighted by molar-refractivity contribution is -0.185. The zero-order valence-corrected chi connectivity index (χ0v) is 8.61.